The fourth-order valence-electron chi connectivity index (χ4n) is 1.51. The maximum absolute atomic E-state index is 11.8. The molecular formula is C9H14ClN3O2S. The first-order valence-corrected chi connectivity index (χ1v) is 7.04. The molecule has 0 saturated heterocycles. The molecule has 0 aromatic carbocycles. The van der Waals surface area contributed by atoms with Crippen LogP contribution in [-0.2, 0) is 17.1 Å². The van der Waals surface area contributed by atoms with Crippen molar-refractivity contribution in [3.05, 3.63) is 12.3 Å². The SMILES string of the molecule is Cn1nccc1S(=O)(=O)NCC(Cl)C1CC1. The van der Waals surface area contributed by atoms with Crippen LogP contribution in [-0.4, -0.2) is 30.1 Å². The van der Waals surface area contributed by atoms with Gasteiger partial charge in [0.05, 0.1) is 6.20 Å². The van der Waals surface area contributed by atoms with Crippen LogP contribution in [0.4, 0.5) is 0 Å². The lowest BCUT2D eigenvalue weighted by molar-refractivity contribution is 0.559. The van der Waals surface area contributed by atoms with Crippen LogP contribution in [0, 0.1) is 5.92 Å². The van der Waals surface area contributed by atoms with E-state index >= 15 is 0 Å². The number of aromatic nitrogens is 2. The Kier molecular flexibility index (Phi) is 3.23. The average Bonchev–Trinajstić information content (AvgIpc) is 2.98. The van der Waals surface area contributed by atoms with Crippen LogP contribution in [0.3, 0.4) is 0 Å². The summed E-state index contributed by atoms with van der Waals surface area (Å²) in [6.07, 6.45) is 3.65. The Morgan fingerprint density at radius 2 is 2.38 bits per heavy atom. The summed E-state index contributed by atoms with van der Waals surface area (Å²) in [7, 11) is -1.89. The van der Waals surface area contributed by atoms with Gasteiger partial charge in [0.2, 0.25) is 0 Å². The molecule has 90 valence electrons. The highest BCUT2D eigenvalue weighted by atomic mass is 35.5. The van der Waals surface area contributed by atoms with E-state index in [4.69, 9.17) is 11.6 Å². The van der Waals surface area contributed by atoms with Crippen molar-refractivity contribution in [1.29, 1.82) is 0 Å². The van der Waals surface area contributed by atoms with Crippen LogP contribution in [0.5, 0.6) is 0 Å². The monoisotopic (exact) mass is 263 g/mol. The molecule has 7 heteroatoms. The summed E-state index contributed by atoms with van der Waals surface area (Å²) >= 11 is 6.04. The number of rotatable bonds is 5. The molecule has 1 aliphatic carbocycles. The van der Waals surface area contributed by atoms with Gasteiger partial charge in [-0.3, -0.25) is 4.68 Å². The van der Waals surface area contributed by atoms with E-state index in [2.05, 4.69) is 9.82 Å². The van der Waals surface area contributed by atoms with Crippen molar-refractivity contribution in [2.75, 3.05) is 6.54 Å². The van der Waals surface area contributed by atoms with E-state index in [9.17, 15) is 8.42 Å². The second-order valence-corrected chi connectivity index (χ2v) is 6.27. The Morgan fingerprint density at radius 1 is 1.69 bits per heavy atom. The highest BCUT2D eigenvalue weighted by Crippen LogP contribution is 2.35. The number of nitrogens with one attached hydrogen (secondary N) is 1. The minimum absolute atomic E-state index is 0.108. The Bertz CT molecular complexity index is 467. The van der Waals surface area contributed by atoms with E-state index in [0.717, 1.165) is 12.8 Å². The van der Waals surface area contributed by atoms with Crippen molar-refractivity contribution in [2.45, 2.75) is 23.2 Å². The predicted octanol–water partition coefficient (Wildman–Crippen LogP) is 0.716. The number of nitrogens with zero attached hydrogens (tertiary/aromatic N) is 2. The van der Waals surface area contributed by atoms with Crippen molar-refractivity contribution in [1.82, 2.24) is 14.5 Å². The van der Waals surface area contributed by atoms with E-state index in [0.29, 0.717) is 5.92 Å². The van der Waals surface area contributed by atoms with Crippen LogP contribution in [0.25, 0.3) is 0 Å². The van der Waals surface area contributed by atoms with E-state index in [1.165, 1.54) is 16.9 Å². The number of aryl methyl sites for hydroxylation is 1. The molecule has 1 aliphatic rings. The van der Waals surface area contributed by atoms with Crippen molar-refractivity contribution in [3.8, 4) is 0 Å². The highest BCUT2D eigenvalue weighted by molar-refractivity contribution is 7.89. The van der Waals surface area contributed by atoms with Crippen molar-refractivity contribution < 1.29 is 8.42 Å². The lowest BCUT2D eigenvalue weighted by Crippen LogP contribution is -2.31. The normalized spacial score (nSPS) is 18.6. The van der Waals surface area contributed by atoms with Gasteiger partial charge in [-0.1, -0.05) is 0 Å². The third kappa shape index (κ3) is 2.56. The van der Waals surface area contributed by atoms with Crippen molar-refractivity contribution in [3.63, 3.8) is 0 Å². The third-order valence-corrected chi connectivity index (χ3v) is 4.66. The molecule has 2 rings (SSSR count). The molecule has 5 nitrogen and oxygen atoms in total. The van der Waals surface area contributed by atoms with Gasteiger partial charge in [0.1, 0.15) is 0 Å². The number of halogens is 1. The zero-order valence-electron chi connectivity index (χ0n) is 8.93. The molecule has 16 heavy (non-hydrogen) atoms. The minimum atomic E-state index is -3.48. The lowest BCUT2D eigenvalue weighted by Gasteiger charge is -2.10. The molecule has 1 unspecified atom stereocenters. The zero-order chi connectivity index (χ0) is 11.8. The molecular weight excluding hydrogens is 250 g/mol. The second kappa shape index (κ2) is 4.35. The van der Waals surface area contributed by atoms with Crippen LogP contribution in [0.15, 0.2) is 17.3 Å². The standard InChI is InChI=1S/C9H14ClN3O2S/c1-13-9(4-5-11-13)16(14,15)12-6-8(10)7-2-3-7/h4-5,7-8,12H,2-3,6H2,1H3. The van der Waals surface area contributed by atoms with Crippen molar-refractivity contribution >= 4 is 21.6 Å². The fraction of sp³-hybridized carbons (Fsp3) is 0.667. The largest absolute Gasteiger partial charge is 0.257 e. The highest BCUT2D eigenvalue weighted by Gasteiger charge is 2.30. The summed E-state index contributed by atoms with van der Waals surface area (Å²) in [5.41, 5.74) is 0. The third-order valence-electron chi connectivity index (χ3n) is 2.65. The molecule has 0 spiro atoms. The summed E-state index contributed by atoms with van der Waals surface area (Å²) in [5, 5.41) is 3.87. The quantitative estimate of drug-likeness (QED) is 0.796. The van der Waals surface area contributed by atoms with E-state index in [-0.39, 0.29) is 16.9 Å². The van der Waals surface area contributed by atoms with Crippen LogP contribution < -0.4 is 4.72 Å². The molecule has 1 saturated carbocycles. The minimum Gasteiger partial charge on any atom is -0.256 e. The fourth-order valence-corrected chi connectivity index (χ4v) is 3.12. The number of alkyl halides is 1. The molecule has 0 radical (unpaired) electrons. The molecule has 0 amide bonds. The van der Waals surface area contributed by atoms with Gasteiger partial charge in [0, 0.05) is 19.0 Å². The van der Waals surface area contributed by atoms with Crippen molar-refractivity contribution in [2.24, 2.45) is 13.0 Å². The summed E-state index contributed by atoms with van der Waals surface area (Å²) < 4.78 is 27.5. The van der Waals surface area contributed by atoms with E-state index in [1.807, 2.05) is 0 Å². The molecule has 1 fully saturated rings. The Balaban J connectivity index is 2.00. The summed E-state index contributed by atoms with van der Waals surface area (Å²) in [5.74, 6) is 0.468. The maximum Gasteiger partial charge on any atom is 0.257 e. The molecule has 1 atom stereocenters. The molecule has 1 aromatic heterocycles. The topological polar surface area (TPSA) is 64.0 Å². The van der Waals surface area contributed by atoms with Gasteiger partial charge in [-0.25, -0.2) is 13.1 Å². The summed E-state index contributed by atoms with van der Waals surface area (Å²) in [4.78, 5) is 0. The van der Waals surface area contributed by atoms with E-state index in [1.54, 1.807) is 7.05 Å². The lowest BCUT2D eigenvalue weighted by atomic mass is 10.3. The van der Waals surface area contributed by atoms with Crippen LogP contribution in [0.1, 0.15) is 12.8 Å². The summed E-state index contributed by atoms with van der Waals surface area (Å²) in [6, 6.07) is 1.46. The van der Waals surface area contributed by atoms with Crippen LogP contribution in [0.2, 0.25) is 0 Å². The molecule has 1 N–H and O–H groups in total. The predicted molar refractivity (Wildman–Crippen MR) is 60.8 cm³/mol. The molecule has 1 heterocycles. The second-order valence-electron chi connectivity index (χ2n) is 4.00. The number of hydrogen-bond donors (Lipinski definition) is 1. The Hall–Kier alpha value is -0.590. The number of hydrogen-bond acceptors (Lipinski definition) is 3. The first-order chi connectivity index (χ1) is 7.50. The van der Waals surface area contributed by atoms with Gasteiger partial charge >= 0.3 is 0 Å². The molecule has 0 aliphatic heterocycles. The van der Waals surface area contributed by atoms with Crippen LogP contribution >= 0.6 is 11.6 Å². The first-order valence-electron chi connectivity index (χ1n) is 5.12. The van der Waals surface area contributed by atoms with Gasteiger partial charge in [-0.15, -0.1) is 11.6 Å². The molecule has 0 bridgehead atoms. The summed E-state index contributed by atoms with van der Waals surface area (Å²) in [6.45, 7) is 0.278. The van der Waals surface area contributed by atoms with Gasteiger partial charge in [0.25, 0.3) is 10.0 Å². The first kappa shape index (κ1) is 11.9. The van der Waals surface area contributed by atoms with E-state index < -0.39 is 10.0 Å². The maximum atomic E-state index is 11.8. The van der Waals surface area contributed by atoms with Gasteiger partial charge < -0.3 is 0 Å². The zero-order valence-corrected chi connectivity index (χ0v) is 10.5. The van der Waals surface area contributed by atoms with Gasteiger partial charge in [-0.05, 0) is 24.8 Å². The van der Waals surface area contributed by atoms with Gasteiger partial charge in [0.15, 0.2) is 5.03 Å². The number of sulfonamides is 1. The smallest absolute Gasteiger partial charge is 0.256 e. The Labute approximate surface area is 99.8 Å². The molecule has 1 aromatic rings. The van der Waals surface area contributed by atoms with Gasteiger partial charge in [-0.2, -0.15) is 5.10 Å². The average molecular weight is 264 g/mol. The Morgan fingerprint density at radius 3 is 2.88 bits per heavy atom.